The molecular formula is C33H27F4N3O4. The highest BCUT2D eigenvalue weighted by atomic mass is 19.2. The highest BCUT2D eigenvalue weighted by molar-refractivity contribution is 6.40. The molecule has 5 rings (SSSR count). The summed E-state index contributed by atoms with van der Waals surface area (Å²) in [5.74, 6) is -7.13. The average Bonchev–Trinajstić information content (AvgIpc) is 3.02. The van der Waals surface area contributed by atoms with Gasteiger partial charge < -0.3 is 14.4 Å². The molecule has 1 aliphatic heterocycles. The van der Waals surface area contributed by atoms with Crippen molar-refractivity contribution in [3.8, 4) is 0 Å². The van der Waals surface area contributed by atoms with Crippen molar-refractivity contribution in [3.05, 3.63) is 135 Å². The normalized spacial score (nSPS) is 13.2. The molecule has 1 aliphatic rings. The van der Waals surface area contributed by atoms with E-state index in [-0.39, 0.29) is 25.2 Å². The van der Waals surface area contributed by atoms with Gasteiger partial charge in [-0.3, -0.25) is 19.2 Å². The molecule has 2 heterocycles. The minimum Gasteiger partial charge on any atom is -0.368 e. The van der Waals surface area contributed by atoms with Crippen molar-refractivity contribution in [2.45, 2.75) is 19.4 Å². The minimum atomic E-state index is -1.42. The van der Waals surface area contributed by atoms with Gasteiger partial charge in [0.05, 0.1) is 18.5 Å². The number of rotatable bonds is 9. The number of carbonyl (C=O) groups excluding carboxylic acids is 3. The van der Waals surface area contributed by atoms with Crippen LogP contribution >= 0.6 is 0 Å². The lowest BCUT2D eigenvalue weighted by Gasteiger charge is -2.35. The molecule has 1 saturated heterocycles. The summed E-state index contributed by atoms with van der Waals surface area (Å²) in [4.78, 5) is 55.8. The second-order valence-electron chi connectivity index (χ2n) is 10.5. The van der Waals surface area contributed by atoms with Crippen molar-refractivity contribution in [3.63, 3.8) is 0 Å². The first-order valence-corrected chi connectivity index (χ1v) is 13.9. The van der Waals surface area contributed by atoms with Gasteiger partial charge in [-0.2, -0.15) is 0 Å². The Kier molecular flexibility index (Phi) is 9.03. The molecular weight excluding hydrogens is 578 g/mol. The Morgan fingerprint density at radius 2 is 1.45 bits per heavy atom. The number of halogens is 4. The zero-order chi connectivity index (χ0) is 31.4. The van der Waals surface area contributed by atoms with E-state index >= 15 is 0 Å². The third-order valence-corrected chi connectivity index (χ3v) is 7.45. The van der Waals surface area contributed by atoms with E-state index in [2.05, 4.69) is 4.90 Å². The van der Waals surface area contributed by atoms with Crippen LogP contribution in [0.4, 0.5) is 23.2 Å². The maximum atomic E-state index is 14.5. The smallest absolute Gasteiger partial charge is 0.290 e. The molecule has 7 nitrogen and oxygen atoms in total. The van der Waals surface area contributed by atoms with E-state index in [1.807, 2.05) is 30.3 Å². The summed E-state index contributed by atoms with van der Waals surface area (Å²) in [6, 6.07) is 17.4. The summed E-state index contributed by atoms with van der Waals surface area (Å²) in [7, 11) is 0. The van der Waals surface area contributed by atoms with Crippen molar-refractivity contribution in [2.24, 2.45) is 0 Å². The number of nitrogens with zero attached hydrogens (tertiary/aromatic N) is 3. The molecule has 1 fully saturated rings. The number of anilines is 1. The molecule has 0 unspecified atom stereocenters. The van der Waals surface area contributed by atoms with Gasteiger partial charge in [0.1, 0.15) is 11.6 Å². The number of benzene rings is 3. The summed E-state index contributed by atoms with van der Waals surface area (Å²) in [6.45, 7) is 1.27. The third kappa shape index (κ3) is 6.77. The lowest BCUT2D eigenvalue weighted by atomic mass is 10.00. The maximum absolute atomic E-state index is 14.5. The van der Waals surface area contributed by atoms with Crippen LogP contribution in [-0.2, 0) is 22.6 Å². The van der Waals surface area contributed by atoms with Gasteiger partial charge in [0.2, 0.25) is 5.78 Å². The van der Waals surface area contributed by atoms with Gasteiger partial charge in [-0.25, -0.2) is 17.6 Å². The number of pyridine rings is 1. The van der Waals surface area contributed by atoms with Crippen LogP contribution in [0.1, 0.15) is 33.5 Å². The van der Waals surface area contributed by atoms with Gasteiger partial charge in [0.15, 0.2) is 17.4 Å². The van der Waals surface area contributed by atoms with Crippen molar-refractivity contribution >= 4 is 23.2 Å². The molecule has 226 valence electrons. The van der Waals surface area contributed by atoms with Crippen LogP contribution in [0.25, 0.3) is 0 Å². The fourth-order valence-electron chi connectivity index (χ4n) is 5.18. The Bertz CT molecular complexity index is 1780. The Morgan fingerprint density at radius 3 is 2.16 bits per heavy atom. The maximum Gasteiger partial charge on any atom is 0.290 e. The minimum absolute atomic E-state index is 0.0589. The molecule has 0 N–H and O–H groups in total. The first kappa shape index (κ1) is 30.4. The molecule has 4 aromatic rings. The van der Waals surface area contributed by atoms with E-state index in [0.717, 1.165) is 22.4 Å². The van der Waals surface area contributed by atoms with Gasteiger partial charge >= 0.3 is 0 Å². The Morgan fingerprint density at radius 1 is 0.750 bits per heavy atom. The number of Topliss-reactive ketones (excluding diaryl/α,β-unsaturated/α-hetero) is 2. The third-order valence-electron chi connectivity index (χ3n) is 7.45. The number of hydrogen-bond donors (Lipinski definition) is 0. The first-order chi connectivity index (χ1) is 21.1. The molecule has 0 radical (unpaired) electrons. The second kappa shape index (κ2) is 13.1. The number of ketones is 2. The van der Waals surface area contributed by atoms with E-state index < -0.39 is 70.3 Å². The summed E-state index contributed by atoms with van der Waals surface area (Å²) in [5, 5.41) is 0. The molecule has 0 spiro atoms. The summed E-state index contributed by atoms with van der Waals surface area (Å²) >= 11 is 0. The Labute approximate surface area is 250 Å². The summed E-state index contributed by atoms with van der Waals surface area (Å²) in [5.41, 5.74) is -0.574. The van der Waals surface area contributed by atoms with Crippen molar-refractivity contribution < 1.29 is 31.9 Å². The van der Waals surface area contributed by atoms with Crippen LogP contribution in [0.15, 0.2) is 83.8 Å². The summed E-state index contributed by atoms with van der Waals surface area (Å²) < 4.78 is 57.6. The van der Waals surface area contributed by atoms with E-state index in [1.165, 1.54) is 35.4 Å². The number of hydrogen-bond acceptors (Lipinski definition) is 5. The molecule has 0 bridgehead atoms. The lowest BCUT2D eigenvalue weighted by Crippen LogP contribution is -2.50. The van der Waals surface area contributed by atoms with Crippen molar-refractivity contribution in [2.75, 3.05) is 31.1 Å². The van der Waals surface area contributed by atoms with Gasteiger partial charge in [0, 0.05) is 50.0 Å². The van der Waals surface area contributed by atoms with Crippen LogP contribution in [0.2, 0.25) is 0 Å². The van der Waals surface area contributed by atoms with Gasteiger partial charge in [-0.05, 0) is 53.6 Å². The Hall–Kier alpha value is -5.06. The fraction of sp³-hybridized carbons (Fsp3) is 0.212. The largest absolute Gasteiger partial charge is 0.368 e. The van der Waals surface area contributed by atoms with Crippen LogP contribution in [0, 0.1) is 23.3 Å². The molecule has 3 aromatic carbocycles. The van der Waals surface area contributed by atoms with E-state index in [1.54, 1.807) is 0 Å². The number of amides is 1. The molecule has 0 atom stereocenters. The van der Waals surface area contributed by atoms with Crippen molar-refractivity contribution in [1.29, 1.82) is 0 Å². The number of piperazine rings is 1. The quantitative estimate of drug-likeness (QED) is 0.0921. The molecule has 0 aliphatic carbocycles. The highest BCUT2D eigenvalue weighted by Gasteiger charge is 2.29. The average molecular weight is 606 g/mol. The zero-order valence-electron chi connectivity index (χ0n) is 23.4. The molecule has 1 aromatic heterocycles. The lowest BCUT2D eigenvalue weighted by molar-refractivity contribution is -0.144. The van der Waals surface area contributed by atoms with Crippen molar-refractivity contribution in [1.82, 2.24) is 9.47 Å². The first-order valence-electron chi connectivity index (χ1n) is 13.9. The van der Waals surface area contributed by atoms with E-state index in [9.17, 15) is 36.7 Å². The number of carbonyl (C=O) groups is 3. The highest BCUT2D eigenvalue weighted by Crippen LogP contribution is 2.21. The Balaban J connectivity index is 1.37. The molecule has 44 heavy (non-hydrogen) atoms. The van der Waals surface area contributed by atoms with Crippen LogP contribution in [-0.4, -0.2) is 53.1 Å². The second-order valence-corrected chi connectivity index (χ2v) is 10.5. The SMILES string of the molecule is O=C(CC(=O)c1cc(Cc2c(F)ccc(F)c2F)cn(Cc2cccc(F)c2)c1=O)C(=O)N1CCN(c2ccccc2)CC1. The number of para-hydroxylation sites is 1. The van der Waals surface area contributed by atoms with Crippen LogP contribution in [0.3, 0.4) is 0 Å². The monoisotopic (exact) mass is 605 g/mol. The zero-order valence-corrected chi connectivity index (χ0v) is 23.4. The van der Waals surface area contributed by atoms with E-state index in [0.29, 0.717) is 24.7 Å². The predicted molar refractivity (Wildman–Crippen MR) is 155 cm³/mol. The molecule has 11 heteroatoms. The summed E-state index contributed by atoms with van der Waals surface area (Å²) in [6.07, 6.45) is -0.205. The number of aromatic nitrogens is 1. The topological polar surface area (TPSA) is 79.7 Å². The standard InChI is InChI=1S/C33H27F4N3O4/c34-23-6-4-5-21(15-23)19-40-20-22(16-25-27(35)9-10-28(36)31(25)37)17-26(32(40)43)29(41)18-30(42)33(44)39-13-11-38(12-14-39)24-7-2-1-3-8-24/h1-10,15,17,20H,11-14,16,18-19H2. The predicted octanol–water partition coefficient (Wildman–Crippen LogP) is 4.53. The van der Waals surface area contributed by atoms with Gasteiger partial charge in [-0.1, -0.05) is 30.3 Å². The molecule has 0 saturated carbocycles. The van der Waals surface area contributed by atoms with Crippen LogP contribution in [0.5, 0.6) is 0 Å². The van der Waals surface area contributed by atoms with Crippen LogP contribution < -0.4 is 10.5 Å². The van der Waals surface area contributed by atoms with Gasteiger partial charge in [0.25, 0.3) is 11.5 Å². The van der Waals surface area contributed by atoms with Gasteiger partial charge in [-0.15, -0.1) is 0 Å². The molecule has 1 amide bonds. The van der Waals surface area contributed by atoms with E-state index in [4.69, 9.17) is 0 Å². The fourth-order valence-corrected chi connectivity index (χ4v) is 5.18.